The molecule has 0 amide bonds. The lowest BCUT2D eigenvalue weighted by Crippen LogP contribution is -2.20. The van der Waals surface area contributed by atoms with Crippen LogP contribution in [0.3, 0.4) is 0 Å². The topological polar surface area (TPSA) is 46.2 Å². The summed E-state index contributed by atoms with van der Waals surface area (Å²) in [4.78, 5) is 0. The molecule has 0 bridgehead atoms. The quantitative estimate of drug-likeness (QED) is 0.678. The van der Waals surface area contributed by atoms with Crippen LogP contribution in [0.1, 0.15) is 52.7 Å². The minimum atomic E-state index is -0.0666. The first-order valence-electron chi connectivity index (χ1n) is 9.87. The minimum absolute atomic E-state index is 0.0202. The van der Waals surface area contributed by atoms with Gasteiger partial charge >= 0.3 is 0 Å². The molecule has 0 fully saturated rings. The third kappa shape index (κ3) is 6.98. The van der Waals surface area contributed by atoms with Gasteiger partial charge in [0.25, 0.3) is 0 Å². The molecule has 5 heteroatoms. The molecule has 0 atom stereocenters. The first kappa shape index (κ1) is 22.0. The van der Waals surface area contributed by atoms with Gasteiger partial charge in [-0.1, -0.05) is 47.6 Å². The zero-order valence-corrected chi connectivity index (χ0v) is 17.9. The van der Waals surface area contributed by atoms with Crippen LogP contribution in [0.5, 0.6) is 11.5 Å². The fraction of sp³-hybridized carbons (Fsp3) is 0.727. The lowest BCUT2D eigenvalue weighted by atomic mass is 9.80. The van der Waals surface area contributed by atoms with Crippen LogP contribution in [-0.4, -0.2) is 52.9 Å². The molecule has 1 aliphatic rings. The maximum atomic E-state index is 6.16. The summed E-state index contributed by atoms with van der Waals surface area (Å²) in [5.41, 5.74) is 2.34. The molecule has 0 unspecified atom stereocenters. The van der Waals surface area contributed by atoms with Gasteiger partial charge in [0, 0.05) is 5.56 Å². The molecule has 5 nitrogen and oxygen atoms in total. The van der Waals surface area contributed by atoms with Gasteiger partial charge in [0.15, 0.2) is 11.5 Å². The van der Waals surface area contributed by atoms with E-state index in [1.54, 1.807) is 0 Å². The smallest absolute Gasteiger partial charge is 0.165 e. The van der Waals surface area contributed by atoms with Crippen molar-refractivity contribution in [3.8, 4) is 11.5 Å². The predicted molar refractivity (Wildman–Crippen MR) is 107 cm³/mol. The summed E-state index contributed by atoms with van der Waals surface area (Å²) in [6.45, 7) is 17.5. The molecule has 0 saturated carbocycles. The molecular formula is C22H36O5. The molecule has 0 aromatic heterocycles. The van der Waals surface area contributed by atoms with E-state index in [2.05, 4.69) is 53.7 Å². The molecule has 0 saturated heterocycles. The summed E-state index contributed by atoms with van der Waals surface area (Å²) in [7, 11) is 0. The number of rotatable bonds is 0. The summed E-state index contributed by atoms with van der Waals surface area (Å²) in [6, 6.07) is 4.36. The van der Waals surface area contributed by atoms with E-state index in [0.29, 0.717) is 52.9 Å². The molecule has 0 spiro atoms. The van der Waals surface area contributed by atoms with Gasteiger partial charge < -0.3 is 23.7 Å². The Morgan fingerprint density at radius 3 is 1.56 bits per heavy atom. The molecule has 0 N–H and O–H groups in total. The SMILES string of the molecule is CC(C)(C)c1cc2c(c(C(C)(C)C)c1)OCCOCCOCCOCCO2. The van der Waals surface area contributed by atoms with Gasteiger partial charge in [-0.2, -0.15) is 0 Å². The second-order valence-electron chi connectivity index (χ2n) is 8.89. The Morgan fingerprint density at radius 1 is 0.593 bits per heavy atom. The molecule has 1 aromatic carbocycles. The molecule has 1 aromatic rings. The number of fused-ring (bicyclic) bond motifs is 1. The Morgan fingerprint density at radius 2 is 1.07 bits per heavy atom. The summed E-state index contributed by atoms with van der Waals surface area (Å²) in [5, 5.41) is 0. The molecule has 27 heavy (non-hydrogen) atoms. The molecule has 154 valence electrons. The highest BCUT2D eigenvalue weighted by molar-refractivity contribution is 5.53. The molecule has 0 aliphatic carbocycles. The Balaban J connectivity index is 2.35. The normalized spacial score (nSPS) is 18.4. The second-order valence-corrected chi connectivity index (χ2v) is 8.89. The highest BCUT2D eigenvalue weighted by Crippen LogP contribution is 2.42. The van der Waals surface area contributed by atoms with Crippen molar-refractivity contribution in [2.75, 3.05) is 52.9 Å². The largest absolute Gasteiger partial charge is 0.487 e. The third-order valence-corrected chi connectivity index (χ3v) is 4.43. The van der Waals surface area contributed by atoms with Gasteiger partial charge in [-0.15, -0.1) is 0 Å². The minimum Gasteiger partial charge on any atom is -0.487 e. The number of ether oxygens (including phenoxy) is 5. The zero-order chi connectivity index (χ0) is 19.9. The summed E-state index contributed by atoms with van der Waals surface area (Å²) in [6.07, 6.45) is 0. The number of hydrogen-bond acceptors (Lipinski definition) is 5. The Hall–Kier alpha value is -1.30. The lowest BCUT2D eigenvalue weighted by Gasteiger charge is -2.29. The monoisotopic (exact) mass is 380 g/mol. The number of hydrogen-bond donors (Lipinski definition) is 0. The second kappa shape index (κ2) is 9.76. The van der Waals surface area contributed by atoms with Gasteiger partial charge in [-0.25, -0.2) is 0 Å². The summed E-state index contributed by atoms with van der Waals surface area (Å²) < 4.78 is 28.9. The van der Waals surface area contributed by atoms with E-state index in [4.69, 9.17) is 23.7 Å². The van der Waals surface area contributed by atoms with Crippen molar-refractivity contribution in [2.24, 2.45) is 0 Å². The Labute approximate surface area is 164 Å². The van der Waals surface area contributed by atoms with Crippen LogP contribution in [0, 0.1) is 0 Å². The molecular weight excluding hydrogens is 344 g/mol. The van der Waals surface area contributed by atoms with Crippen LogP contribution in [0.4, 0.5) is 0 Å². The van der Waals surface area contributed by atoms with E-state index in [1.807, 2.05) is 0 Å². The average molecular weight is 381 g/mol. The van der Waals surface area contributed by atoms with E-state index in [-0.39, 0.29) is 10.8 Å². The van der Waals surface area contributed by atoms with Crippen molar-refractivity contribution < 1.29 is 23.7 Å². The fourth-order valence-corrected chi connectivity index (χ4v) is 2.80. The molecule has 1 aliphatic heterocycles. The van der Waals surface area contributed by atoms with Crippen LogP contribution in [0.2, 0.25) is 0 Å². The van der Waals surface area contributed by atoms with E-state index < -0.39 is 0 Å². The van der Waals surface area contributed by atoms with Crippen molar-refractivity contribution in [3.63, 3.8) is 0 Å². The van der Waals surface area contributed by atoms with Gasteiger partial charge in [0.1, 0.15) is 13.2 Å². The first-order chi connectivity index (χ1) is 12.7. The van der Waals surface area contributed by atoms with Crippen LogP contribution in [0.25, 0.3) is 0 Å². The van der Waals surface area contributed by atoms with E-state index >= 15 is 0 Å². The molecule has 1 heterocycles. The van der Waals surface area contributed by atoms with E-state index in [0.717, 1.165) is 17.1 Å². The van der Waals surface area contributed by atoms with E-state index in [1.165, 1.54) is 5.56 Å². The van der Waals surface area contributed by atoms with Crippen LogP contribution >= 0.6 is 0 Å². The van der Waals surface area contributed by atoms with Crippen LogP contribution in [-0.2, 0) is 25.0 Å². The van der Waals surface area contributed by atoms with Gasteiger partial charge in [0.2, 0.25) is 0 Å². The average Bonchev–Trinajstić information content (AvgIpc) is 2.57. The standard InChI is InChI=1S/C22H36O5/c1-21(2,3)17-15-18(22(4,5)6)20-19(16-17)26-13-11-24-9-7-23-8-10-25-12-14-27-20/h15-16H,7-14H2,1-6H3. The van der Waals surface area contributed by atoms with Crippen molar-refractivity contribution in [3.05, 3.63) is 23.3 Å². The zero-order valence-electron chi connectivity index (χ0n) is 17.9. The maximum absolute atomic E-state index is 6.16. The third-order valence-electron chi connectivity index (χ3n) is 4.43. The van der Waals surface area contributed by atoms with Crippen molar-refractivity contribution in [1.29, 1.82) is 0 Å². The first-order valence-corrected chi connectivity index (χ1v) is 9.87. The highest BCUT2D eigenvalue weighted by atomic mass is 16.6. The molecule has 0 radical (unpaired) electrons. The summed E-state index contributed by atoms with van der Waals surface area (Å²) >= 11 is 0. The Bertz CT molecular complexity index is 584. The van der Waals surface area contributed by atoms with Crippen LogP contribution in [0.15, 0.2) is 12.1 Å². The predicted octanol–water partition coefficient (Wildman–Crippen LogP) is 4.10. The highest BCUT2D eigenvalue weighted by Gasteiger charge is 2.27. The van der Waals surface area contributed by atoms with E-state index in [9.17, 15) is 0 Å². The molecule has 2 rings (SSSR count). The van der Waals surface area contributed by atoms with Crippen LogP contribution < -0.4 is 9.47 Å². The van der Waals surface area contributed by atoms with Crippen molar-refractivity contribution >= 4 is 0 Å². The number of benzene rings is 1. The summed E-state index contributed by atoms with van der Waals surface area (Å²) in [5.74, 6) is 1.59. The van der Waals surface area contributed by atoms with Gasteiger partial charge in [-0.3, -0.25) is 0 Å². The Kier molecular flexibility index (Phi) is 7.95. The van der Waals surface area contributed by atoms with Gasteiger partial charge in [-0.05, 0) is 22.5 Å². The van der Waals surface area contributed by atoms with Gasteiger partial charge in [0.05, 0.1) is 39.6 Å². The fourth-order valence-electron chi connectivity index (χ4n) is 2.80. The van der Waals surface area contributed by atoms with Crippen molar-refractivity contribution in [1.82, 2.24) is 0 Å². The van der Waals surface area contributed by atoms with Crippen molar-refractivity contribution in [2.45, 2.75) is 52.4 Å². The maximum Gasteiger partial charge on any atom is 0.165 e. The lowest BCUT2D eigenvalue weighted by molar-refractivity contribution is 0.00705.